The maximum atomic E-state index is 11.5. The lowest BCUT2D eigenvalue weighted by Gasteiger charge is -2.10. The molecule has 0 aliphatic heterocycles. The molecule has 0 bridgehead atoms. The number of carbonyl (C=O) groups is 1. The van der Waals surface area contributed by atoms with E-state index in [2.05, 4.69) is 5.32 Å². The minimum atomic E-state index is -0.806. The number of anilines is 1. The number of hydrogen-bond acceptors (Lipinski definition) is 5. The summed E-state index contributed by atoms with van der Waals surface area (Å²) < 4.78 is 4.73. The topological polar surface area (TPSA) is 107 Å². The second-order valence-corrected chi connectivity index (χ2v) is 3.36. The van der Waals surface area contributed by atoms with E-state index in [4.69, 9.17) is 10.5 Å². The van der Waals surface area contributed by atoms with Crippen LogP contribution in [0.5, 0.6) is 0 Å². The highest BCUT2D eigenvalue weighted by Crippen LogP contribution is 2.16. The number of non-ortho nitro benzene ring substituents is 1. The Bertz CT molecular complexity index is 427. The third kappa shape index (κ3) is 4.66. The first-order chi connectivity index (χ1) is 8.04. The van der Waals surface area contributed by atoms with E-state index < -0.39 is 16.9 Å². The summed E-state index contributed by atoms with van der Waals surface area (Å²) in [4.78, 5) is 21.5. The minimum absolute atomic E-state index is 0. The van der Waals surface area contributed by atoms with Gasteiger partial charge in [0.05, 0.1) is 11.5 Å². The lowest BCUT2D eigenvalue weighted by Crippen LogP contribution is -2.39. The van der Waals surface area contributed by atoms with E-state index in [9.17, 15) is 14.9 Å². The van der Waals surface area contributed by atoms with E-state index in [0.717, 1.165) is 0 Å². The molecule has 0 radical (unpaired) electrons. The number of rotatable bonds is 5. The number of methoxy groups -OCH3 is 1. The summed E-state index contributed by atoms with van der Waals surface area (Å²) in [5, 5.41) is 13.0. The molecule has 3 N–H and O–H groups in total. The zero-order chi connectivity index (χ0) is 12.8. The predicted octanol–water partition coefficient (Wildman–Crippen LogP) is 0.929. The number of nitro groups is 1. The maximum absolute atomic E-state index is 11.5. The van der Waals surface area contributed by atoms with Gasteiger partial charge in [-0.15, -0.1) is 12.4 Å². The van der Waals surface area contributed by atoms with Crippen molar-refractivity contribution in [3.05, 3.63) is 34.4 Å². The summed E-state index contributed by atoms with van der Waals surface area (Å²) in [5.41, 5.74) is 5.74. The van der Waals surface area contributed by atoms with Crippen LogP contribution < -0.4 is 11.1 Å². The molecule has 1 unspecified atom stereocenters. The zero-order valence-electron chi connectivity index (χ0n) is 9.66. The van der Waals surface area contributed by atoms with E-state index in [1.807, 2.05) is 0 Å². The summed E-state index contributed by atoms with van der Waals surface area (Å²) >= 11 is 0. The van der Waals surface area contributed by atoms with Gasteiger partial charge in [-0.1, -0.05) is 6.07 Å². The van der Waals surface area contributed by atoms with Crippen molar-refractivity contribution in [3.63, 3.8) is 0 Å². The molecule has 1 aromatic carbocycles. The van der Waals surface area contributed by atoms with Crippen molar-refractivity contribution in [2.75, 3.05) is 19.0 Å². The van der Waals surface area contributed by atoms with Crippen molar-refractivity contribution in [2.45, 2.75) is 6.04 Å². The number of amides is 1. The Morgan fingerprint density at radius 1 is 1.61 bits per heavy atom. The van der Waals surface area contributed by atoms with Crippen LogP contribution in [-0.4, -0.2) is 30.6 Å². The molecule has 0 fully saturated rings. The van der Waals surface area contributed by atoms with E-state index >= 15 is 0 Å². The third-order valence-electron chi connectivity index (χ3n) is 2.01. The molecule has 1 amide bonds. The maximum Gasteiger partial charge on any atom is 0.271 e. The standard InChI is InChI=1S/C10H13N3O4.ClH/c1-17-6-9(11)10(14)12-7-3-2-4-8(5-7)13(15)16;/h2-5,9H,6,11H2,1H3,(H,12,14);1H. The Balaban J connectivity index is 0.00000289. The van der Waals surface area contributed by atoms with Gasteiger partial charge in [0, 0.05) is 24.9 Å². The molecule has 1 atom stereocenters. The fourth-order valence-corrected chi connectivity index (χ4v) is 1.19. The van der Waals surface area contributed by atoms with Crippen LogP contribution in [0.15, 0.2) is 24.3 Å². The number of nitro benzene ring substituents is 1. The van der Waals surface area contributed by atoms with Gasteiger partial charge in [-0.05, 0) is 6.07 Å². The molecule has 8 heteroatoms. The summed E-state index contributed by atoms with van der Waals surface area (Å²) in [5.74, 6) is -0.452. The van der Waals surface area contributed by atoms with Crippen LogP contribution in [0.1, 0.15) is 0 Å². The first-order valence-corrected chi connectivity index (χ1v) is 4.84. The van der Waals surface area contributed by atoms with Crippen LogP contribution in [0.3, 0.4) is 0 Å². The fraction of sp³-hybridized carbons (Fsp3) is 0.300. The second-order valence-electron chi connectivity index (χ2n) is 3.36. The highest BCUT2D eigenvalue weighted by Gasteiger charge is 2.14. The Labute approximate surface area is 110 Å². The molecule has 0 saturated carbocycles. The Kier molecular flexibility index (Phi) is 6.88. The van der Waals surface area contributed by atoms with Gasteiger partial charge in [-0.25, -0.2) is 0 Å². The van der Waals surface area contributed by atoms with Crippen molar-refractivity contribution >= 4 is 29.7 Å². The number of nitrogens with zero attached hydrogens (tertiary/aromatic N) is 1. The van der Waals surface area contributed by atoms with Gasteiger partial charge in [-0.3, -0.25) is 14.9 Å². The molecule has 0 heterocycles. The van der Waals surface area contributed by atoms with Gasteiger partial charge in [0.2, 0.25) is 5.91 Å². The van der Waals surface area contributed by atoms with Gasteiger partial charge in [0.15, 0.2) is 0 Å². The third-order valence-corrected chi connectivity index (χ3v) is 2.01. The van der Waals surface area contributed by atoms with Crippen molar-refractivity contribution in [3.8, 4) is 0 Å². The highest BCUT2D eigenvalue weighted by atomic mass is 35.5. The molecule has 0 aromatic heterocycles. The molecule has 7 nitrogen and oxygen atoms in total. The Morgan fingerprint density at radius 2 is 2.28 bits per heavy atom. The molecule has 0 saturated heterocycles. The van der Waals surface area contributed by atoms with Crippen LogP contribution in [0.4, 0.5) is 11.4 Å². The molecule has 1 aromatic rings. The number of nitrogens with one attached hydrogen (secondary N) is 1. The van der Waals surface area contributed by atoms with Gasteiger partial charge >= 0.3 is 0 Å². The van der Waals surface area contributed by atoms with Crippen molar-refractivity contribution < 1.29 is 14.5 Å². The molecular formula is C10H14ClN3O4. The minimum Gasteiger partial charge on any atom is -0.383 e. The van der Waals surface area contributed by atoms with Crippen LogP contribution in [0, 0.1) is 10.1 Å². The van der Waals surface area contributed by atoms with Crippen LogP contribution in [0.25, 0.3) is 0 Å². The van der Waals surface area contributed by atoms with E-state index in [1.165, 1.54) is 25.3 Å². The highest BCUT2D eigenvalue weighted by molar-refractivity contribution is 5.95. The normalized spacial score (nSPS) is 11.2. The first-order valence-electron chi connectivity index (χ1n) is 4.84. The SMILES string of the molecule is COCC(N)C(=O)Nc1cccc([N+](=O)[O-])c1.Cl. The number of halogens is 1. The molecule has 18 heavy (non-hydrogen) atoms. The monoisotopic (exact) mass is 275 g/mol. The Hall–Kier alpha value is -1.70. The number of hydrogen-bond donors (Lipinski definition) is 2. The van der Waals surface area contributed by atoms with Gasteiger partial charge in [0.25, 0.3) is 5.69 Å². The molecule has 100 valence electrons. The van der Waals surface area contributed by atoms with Gasteiger partial charge in [0.1, 0.15) is 6.04 Å². The van der Waals surface area contributed by atoms with Crippen molar-refractivity contribution in [1.29, 1.82) is 0 Å². The van der Waals surface area contributed by atoms with Crippen LogP contribution in [0.2, 0.25) is 0 Å². The fourth-order valence-electron chi connectivity index (χ4n) is 1.19. The second kappa shape index (κ2) is 7.59. The number of benzene rings is 1. The zero-order valence-corrected chi connectivity index (χ0v) is 10.5. The lowest BCUT2D eigenvalue weighted by molar-refractivity contribution is -0.384. The molecule has 0 spiro atoms. The molecule has 1 rings (SSSR count). The van der Waals surface area contributed by atoms with Crippen molar-refractivity contribution in [2.24, 2.45) is 5.73 Å². The summed E-state index contributed by atoms with van der Waals surface area (Å²) in [6.07, 6.45) is 0. The van der Waals surface area contributed by atoms with E-state index in [0.29, 0.717) is 5.69 Å². The van der Waals surface area contributed by atoms with Gasteiger partial charge < -0.3 is 15.8 Å². The van der Waals surface area contributed by atoms with Crippen molar-refractivity contribution in [1.82, 2.24) is 0 Å². The smallest absolute Gasteiger partial charge is 0.271 e. The van der Waals surface area contributed by atoms with Gasteiger partial charge in [-0.2, -0.15) is 0 Å². The largest absolute Gasteiger partial charge is 0.383 e. The number of ether oxygens (including phenoxy) is 1. The first kappa shape index (κ1) is 16.3. The number of carbonyl (C=O) groups excluding carboxylic acids is 1. The summed E-state index contributed by atoms with van der Waals surface area (Å²) in [6, 6.07) is 4.82. The quantitative estimate of drug-likeness (QED) is 0.614. The molecule has 0 aliphatic rings. The molecular weight excluding hydrogens is 262 g/mol. The summed E-state index contributed by atoms with van der Waals surface area (Å²) in [6.45, 7) is 0.0841. The Morgan fingerprint density at radius 3 is 2.83 bits per heavy atom. The summed E-state index contributed by atoms with van der Waals surface area (Å²) in [7, 11) is 1.43. The van der Waals surface area contributed by atoms with E-state index in [1.54, 1.807) is 6.07 Å². The lowest BCUT2D eigenvalue weighted by atomic mass is 10.2. The average molecular weight is 276 g/mol. The van der Waals surface area contributed by atoms with E-state index in [-0.39, 0.29) is 24.7 Å². The van der Waals surface area contributed by atoms with Crippen LogP contribution in [-0.2, 0) is 9.53 Å². The van der Waals surface area contributed by atoms with Crippen LogP contribution >= 0.6 is 12.4 Å². The average Bonchev–Trinajstić information content (AvgIpc) is 2.29. The number of nitrogens with two attached hydrogens (primary N) is 1. The predicted molar refractivity (Wildman–Crippen MR) is 68.8 cm³/mol. The molecule has 0 aliphatic carbocycles.